The van der Waals surface area contributed by atoms with Crippen molar-refractivity contribution in [1.29, 1.82) is 0 Å². The maximum Gasteiger partial charge on any atom is 0.328 e. The number of rotatable bonds is 8. The molecule has 100 valence electrons. The van der Waals surface area contributed by atoms with Crippen LogP contribution in [0.2, 0.25) is 0 Å². The Bertz CT molecular complexity index is 246. The Balaban J connectivity index is 4.23. The molecule has 6 nitrogen and oxygen atoms in total. The Hall–Kier alpha value is -1.14. The molecule has 0 radical (unpaired) electrons. The summed E-state index contributed by atoms with van der Waals surface area (Å²) in [6, 6.07) is -0.626. The van der Waals surface area contributed by atoms with Gasteiger partial charge in [0.15, 0.2) is 0 Å². The summed E-state index contributed by atoms with van der Waals surface area (Å²) in [6.45, 7) is 4.40. The molecule has 0 aliphatic heterocycles. The van der Waals surface area contributed by atoms with E-state index in [9.17, 15) is 9.59 Å². The third kappa shape index (κ3) is 6.23. The van der Waals surface area contributed by atoms with Gasteiger partial charge in [-0.3, -0.25) is 4.79 Å². The van der Waals surface area contributed by atoms with Crippen LogP contribution in [0.25, 0.3) is 0 Å². The van der Waals surface area contributed by atoms with E-state index in [0.717, 1.165) is 6.42 Å². The summed E-state index contributed by atoms with van der Waals surface area (Å²) in [6.07, 6.45) is 0.768. The minimum Gasteiger partial charge on any atom is -0.467 e. The van der Waals surface area contributed by atoms with Crippen LogP contribution in [0.1, 0.15) is 20.3 Å². The van der Waals surface area contributed by atoms with E-state index < -0.39 is 12.0 Å². The van der Waals surface area contributed by atoms with Gasteiger partial charge in [-0.15, -0.1) is 0 Å². The second-order valence-corrected chi connectivity index (χ2v) is 3.80. The van der Waals surface area contributed by atoms with Gasteiger partial charge in [-0.05, 0) is 5.92 Å². The van der Waals surface area contributed by atoms with Crippen LogP contribution in [0.15, 0.2) is 0 Å². The summed E-state index contributed by atoms with van der Waals surface area (Å²) in [5, 5.41) is 2.60. The SMILES string of the molecule is CCC(C)C(NC(=O)COCCN)C(=O)OC. The second kappa shape index (κ2) is 8.95. The Morgan fingerprint density at radius 3 is 2.53 bits per heavy atom. The maximum atomic E-state index is 11.5. The first-order chi connectivity index (χ1) is 8.06. The topological polar surface area (TPSA) is 90.6 Å². The molecule has 0 fully saturated rings. The van der Waals surface area contributed by atoms with E-state index in [4.69, 9.17) is 10.5 Å². The first-order valence-corrected chi connectivity index (χ1v) is 5.71. The van der Waals surface area contributed by atoms with E-state index in [1.807, 2.05) is 13.8 Å². The van der Waals surface area contributed by atoms with Crippen molar-refractivity contribution in [3.05, 3.63) is 0 Å². The lowest BCUT2D eigenvalue weighted by Crippen LogP contribution is -2.47. The van der Waals surface area contributed by atoms with E-state index in [0.29, 0.717) is 13.2 Å². The van der Waals surface area contributed by atoms with Crippen molar-refractivity contribution in [3.63, 3.8) is 0 Å². The molecule has 0 aliphatic carbocycles. The molecule has 0 aromatic rings. The Labute approximate surface area is 102 Å². The summed E-state index contributed by atoms with van der Waals surface area (Å²) < 4.78 is 9.63. The van der Waals surface area contributed by atoms with Crippen molar-refractivity contribution in [2.45, 2.75) is 26.3 Å². The molecule has 3 N–H and O–H groups in total. The van der Waals surface area contributed by atoms with E-state index >= 15 is 0 Å². The highest BCUT2D eigenvalue weighted by atomic mass is 16.5. The second-order valence-electron chi connectivity index (χ2n) is 3.80. The molecule has 2 atom stereocenters. The number of ether oxygens (including phenoxy) is 2. The lowest BCUT2D eigenvalue weighted by Gasteiger charge is -2.21. The lowest BCUT2D eigenvalue weighted by molar-refractivity contribution is -0.147. The number of esters is 1. The molecule has 1 amide bonds. The van der Waals surface area contributed by atoms with Crippen molar-refractivity contribution in [1.82, 2.24) is 5.32 Å². The van der Waals surface area contributed by atoms with Crippen LogP contribution in [0.3, 0.4) is 0 Å². The molecule has 0 rings (SSSR count). The number of hydrogen-bond acceptors (Lipinski definition) is 5. The summed E-state index contributed by atoms with van der Waals surface area (Å²) in [7, 11) is 1.30. The zero-order valence-corrected chi connectivity index (χ0v) is 10.7. The fourth-order valence-electron chi connectivity index (χ4n) is 1.26. The van der Waals surface area contributed by atoms with Crippen LogP contribution in [-0.4, -0.2) is 44.8 Å². The molecule has 6 heteroatoms. The smallest absolute Gasteiger partial charge is 0.328 e. The van der Waals surface area contributed by atoms with Gasteiger partial charge in [0.1, 0.15) is 12.6 Å². The van der Waals surface area contributed by atoms with Gasteiger partial charge in [-0.25, -0.2) is 4.79 Å². The number of methoxy groups -OCH3 is 1. The van der Waals surface area contributed by atoms with Crippen molar-refractivity contribution in [2.75, 3.05) is 26.9 Å². The average molecular weight is 246 g/mol. The van der Waals surface area contributed by atoms with E-state index in [1.165, 1.54) is 7.11 Å². The fraction of sp³-hybridized carbons (Fsp3) is 0.818. The van der Waals surface area contributed by atoms with Gasteiger partial charge in [-0.2, -0.15) is 0 Å². The minimum absolute atomic E-state index is 0.0147. The van der Waals surface area contributed by atoms with Crippen LogP contribution in [-0.2, 0) is 19.1 Å². The summed E-state index contributed by atoms with van der Waals surface area (Å²) >= 11 is 0. The van der Waals surface area contributed by atoms with Gasteiger partial charge in [0.05, 0.1) is 13.7 Å². The maximum absolute atomic E-state index is 11.5. The highest BCUT2D eigenvalue weighted by Crippen LogP contribution is 2.09. The third-order valence-corrected chi connectivity index (χ3v) is 2.48. The van der Waals surface area contributed by atoms with Gasteiger partial charge in [0, 0.05) is 6.54 Å². The van der Waals surface area contributed by atoms with Gasteiger partial charge in [-0.1, -0.05) is 20.3 Å². The predicted molar refractivity (Wildman–Crippen MR) is 63.3 cm³/mol. The first kappa shape index (κ1) is 15.9. The van der Waals surface area contributed by atoms with E-state index in [-0.39, 0.29) is 18.4 Å². The zero-order valence-electron chi connectivity index (χ0n) is 10.7. The average Bonchev–Trinajstić information content (AvgIpc) is 2.34. The molecule has 0 spiro atoms. The highest BCUT2D eigenvalue weighted by molar-refractivity contribution is 5.85. The molecule has 0 saturated heterocycles. The Morgan fingerprint density at radius 2 is 2.06 bits per heavy atom. The summed E-state index contributed by atoms with van der Waals surface area (Å²) in [5.41, 5.74) is 5.22. The number of carbonyl (C=O) groups excluding carboxylic acids is 2. The van der Waals surface area contributed by atoms with E-state index in [2.05, 4.69) is 10.1 Å². The van der Waals surface area contributed by atoms with Crippen LogP contribution >= 0.6 is 0 Å². The largest absolute Gasteiger partial charge is 0.467 e. The molecule has 0 aromatic carbocycles. The lowest BCUT2D eigenvalue weighted by atomic mass is 9.99. The molecule has 0 heterocycles. The van der Waals surface area contributed by atoms with Gasteiger partial charge in [0.2, 0.25) is 5.91 Å². The first-order valence-electron chi connectivity index (χ1n) is 5.71. The molecule has 2 unspecified atom stereocenters. The van der Waals surface area contributed by atoms with Crippen molar-refractivity contribution >= 4 is 11.9 Å². The molecular formula is C11H22N2O4. The number of nitrogens with one attached hydrogen (secondary N) is 1. The molecule has 0 saturated carbocycles. The summed E-state index contributed by atoms with van der Waals surface area (Å²) in [5.74, 6) is -0.762. The number of nitrogens with two attached hydrogens (primary N) is 1. The summed E-state index contributed by atoms with van der Waals surface area (Å²) in [4.78, 5) is 23.0. The van der Waals surface area contributed by atoms with Crippen LogP contribution in [0, 0.1) is 5.92 Å². The van der Waals surface area contributed by atoms with Crippen LogP contribution < -0.4 is 11.1 Å². The Kier molecular flexibility index (Phi) is 8.35. The van der Waals surface area contributed by atoms with Gasteiger partial charge in [0.25, 0.3) is 0 Å². The zero-order chi connectivity index (χ0) is 13.3. The van der Waals surface area contributed by atoms with E-state index in [1.54, 1.807) is 0 Å². The molecule has 0 aromatic heterocycles. The van der Waals surface area contributed by atoms with Crippen LogP contribution in [0.5, 0.6) is 0 Å². The Morgan fingerprint density at radius 1 is 1.41 bits per heavy atom. The number of hydrogen-bond donors (Lipinski definition) is 2. The molecular weight excluding hydrogens is 224 g/mol. The normalized spacial score (nSPS) is 13.9. The molecule has 0 aliphatic rings. The number of carbonyl (C=O) groups is 2. The van der Waals surface area contributed by atoms with Crippen LogP contribution in [0.4, 0.5) is 0 Å². The minimum atomic E-state index is -0.626. The predicted octanol–water partition coefficient (Wildman–Crippen LogP) is -0.334. The fourth-order valence-corrected chi connectivity index (χ4v) is 1.26. The monoisotopic (exact) mass is 246 g/mol. The number of amides is 1. The quantitative estimate of drug-likeness (QED) is 0.452. The standard InChI is InChI=1S/C11H22N2O4/c1-4-8(2)10(11(15)16-3)13-9(14)7-17-6-5-12/h8,10H,4-7,12H2,1-3H3,(H,13,14). The van der Waals surface area contributed by atoms with Crippen molar-refractivity contribution in [3.8, 4) is 0 Å². The molecule has 0 bridgehead atoms. The van der Waals surface area contributed by atoms with Crippen molar-refractivity contribution < 1.29 is 19.1 Å². The van der Waals surface area contributed by atoms with Crippen molar-refractivity contribution in [2.24, 2.45) is 11.7 Å². The third-order valence-electron chi connectivity index (χ3n) is 2.48. The van der Waals surface area contributed by atoms with Gasteiger partial charge < -0.3 is 20.5 Å². The van der Waals surface area contributed by atoms with Gasteiger partial charge >= 0.3 is 5.97 Å². The molecule has 17 heavy (non-hydrogen) atoms. The highest BCUT2D eigenvalue weighted by Gasteiger charge is 2.26.